The summed E-state index contributed by atoms with van der Waals surface area (Å²) in [7, 11) is 0. The summed E-state index contributed by atoms with van der Waals surface area (Å²) in [5.74, 6) is -2.42. The second-order valence-electron chi connectivity index (χ2n) is 2.04. The molecular weight excluding hydrogens is 204 g/mol. The molecule has 15 heavy (non-hydrogen) atoms. The van der Waals surface area contributed by atoms with Crippen LogP contribution < -0.4 is 10.2 Å². The standard InChI is InChI=1S/C4H6O2.C3H4O2.C2H6O2/c1-3(2)4(5)6;1-2-3(4)5;3-1-2-4/h1H2,2H3,(H,5,6);2H,1H2,(H,4,5);3-4H,1-2H2/p-2. The van der Waals surface area contributed by atoms with Crippen molar-refractivity contribution in [3.8, 4) is 0 Å². The largest absolute Gasteiger partial charge is 0.545 e. The Hall–Kier alpha value is -1.66. The summed E-state index contributed by atoms with van der Waals surface area (Å²) in [6, 6.07) is 0. The van der Waals surface area contributed by atoms with Crippen molar-refractivity contribution in [3.05, 3.63) is 24.8 Å². The third-order valence-electron chi connectivity index (χ3n) is 0.615. The van der Waals surface area contributed by atoms with E-state index < -0.39 is 11.9 Å². The van der Waals surface area contributed by atoms with Gasteiger partial charge in [0.05, 0.1) is 25.2 Å². The zero-order valence-electron chi connectivity index (χ0n) is 8.43. The fraction of sp³-hybridized carbons (Fsp3) is 0.333. The van der Waals surface area contributed by atoms with Crippen LogP contribution in [0.5, 0.6) is 0 Å². The first kappa shape index (κ1) is 19.0. The van der Waals surface area contributed by atoms with Crippen LogP contribution >= 0.6 is 0 Å². The molecule has 0 aliphatic heterocycles. The molecule has 0 bridgehead atoms. The molecule has 0 unspecified atom stereocenters. The van der Waals surface area contributed by atoms with Crippen LogP contribution in [-0.4, -0.2) is 35.4 Å². The van der Waals surface area contributed by atoms with E-state index >= 15 is 0 Å². The van der Waals surface area contributed by atoms with Gasteiger partial charge in [0.25, 0.3) is 0 Å². The summed E-state index contributed by atoms with van der Waals surface area (Å²) in [6.07, 6.45) is 0.722. The summed E-state index contributed by atoms with van der Waals surface area (Å²) in [5.41, 5.74) is 0.0648. The first-order chi connectivity index (χ1) is 6.83. The third kappa shape index (κ3) is 46.3. The maximum Gasteiger partial charge on any atom is 0.0666 e. The highest BCUT2D eigenvalue weighted by Crippen LogP contribution is 1.77. The van der Waals surface area contributed by atoms with Gasteiger partial charge in [0.15, 0.2) is 0 Å². The minimum absolute atomic E-state index is 0.0648. The van der Waals surface area contributed by atoms with Crippen LogP contribution in [0, 0.1) is 0 Å². The predicted octanol–water partition coefficient (Wildman–Crippen LogP) is -2.79. The lowest BCUT2D eigenvalue weighted by molar-refractivity contribution is -0.299. The molecule has 0 heterocycles. The van der Waals surface area contributed by atoms with Crippen molar-refractivity contribution < 1.29 is 30.0 Å². The number of aliphatic carboxylic acids is 2. The van der Waals surface area contributed by atoms with Crippen LogP contribution in [-0.2, 0) is 9.59 Å². The molecule has 0 radical (unpaired) electrons. The molecule has 0 rings (SSSR count). The average Bonchev–Trinajstić information content (AvgIpc) is 2.19. The Kier molecular flexibility index (Phi) is 18.8. The van der Waals surface area contributed by atoms with Gasteiger partial charge in [-0.15, -0.1) is 0 Å². The van der Waals surface area contributed by atoms with E-state index in [0.717, 1.165) is 6.08 Å². The first-order valence-corrected chi connectivity index (χ1v) is 3.75. The van der Waals surface area contributed by atoms with Crippen molar-refractivity contribution in [2.24, 2.45) is 0 Å². The molecule has 0 aliphatic carbocycles. The van der Waals surface area contributed by atoms with Crippen LogP contribution in [0.4, 0.5) is 0 Å². The molecule has 0 aliphatic rings. The molecule has 0 saturated carbocycles. The molecule has 0 amide bonds. The number of aliphatic hydroxyl groups is 2. The Balaban J connectivity index is -0.000000147. The van der Waals surface area contributed by atoms with Gasteiger partial charge in [0.2, 0.25) is 0 Å². The highest BCUT2D eigenvalue weighted by molar-refractivity contribution is 5.82. The fourth-order valence-corrected chi connectivity index (χ4v) is 0. The molecule has 0 atom stereocenters. The molecule has 88 valence electrons. The van der Waals surface area contributed by atoms with Gasteiger partial charge in [0.1, 0.15) is 0 Å². The topological polar surface area (TPSA) is 121 Å². The second-order valence-corrected chi connectivity index (χ2v) is 2.04. The van der Waals surface area contributed by atoms with Crippen molar-refractivity contribution in [1.82, 2.24) is 0 Å². The molecule has 0 aromatic rings. The highest BCUT2D eigenvalue weighted by Gasteiger charge is 1.76. The molecule has 6 heteroatoms. The van der Waals surface area contributed by atoms with Crippen molar-refractivity contribution in [1.29, 1.82) is 0 Å². The van der Waals surface area contributed by atoms with E-state index in [-0.39, 0.29) is 18.8 Å². The van der Waals surface area contributed by atoms with E-state index in [1.807, 2.05) is 0 Å². The number of carboxylic acid groups (broad SMARTS) is 2. The number of carboxylic acids is 2. The molecule has 0 aromatic carbocycles. The van der Waals surface area contributed by atoms with Crippen LogP contribution in [0.1, 0.15) is 6.92 Å². The second kappa shape index (κ2) is 14.8. The van der Waals surface area contributed by atoms with Crippen LogP contribution in [0.15, 0.2) is 24.8 Å². The number of rotatable bonds is 3. The summed E-state index contributed by atoms with van der Waals surface area (Å²) >= 11 is 0. The molecule has 0 fully saturated rings. The Bertz CT molecular complexity index is 195. The summed E-state index contributed by atoms with van der Waals surface area (Å²) in [6.45, 7) is 7.12. The van der Waals surface area contributed by atoms with Gasteiger partial charge in [-0.25, -0.2) is 0 Å². The lowest BCUT2D eigenvalue weighted by Crippen LogP contribution is -2.22. The smallest absolute Gasteiger partial charge is 0.0666 e. The fourth-order valence-electron chi connectivity index (χ4n) is 0. The van der Waals surface area contributed by atoms with Crippen molar-refractivity contribution in [2.75, 3.05) is 13.2 Å². The third-order valence-corrected chi connectivity index (χ3v) is 0.615. The lowest BCUT2D eigenvalue weighted by atomic mass is 10.4. The number of hydrogen-bond acceptors (Lipinski definition) is 6. The van der Waals surface area contributed by atoms with Gasteiger partial charge in [-0.1, -0.05) is 13.2 Å². The maximum atomic E-state index is 9.49. The van der Waals surface area contributed by atoms with Gasteiger partial charge in [-0.2, -0.15) is 0 Å². The molecular formula is C9H14O6-2. The monoisotopic (exact) mass is 218 g/mol. The van der Waals surface area contributed by atoms with E-state index in [0.29, 0.717) is 0 Å². The summed E-state index contributed by atoms with van der Waals surface area (Å²) < 4.78 is 0. The van der Waals surface area contributed by atoms with Crippen LogP contribution in [0.25, 0.3) is 0 Å². The first-order valence-electron chi connectivity index (χ1n) is 3.75. The Labute approximate surface area is 87.8 Å². The average molecular weight is 218 g/mol. The minimum atomic E-state index is -1.23. The molecule has 0 spiro atoms. The predicted molar refractivity (Wildman–Crippen MR) is 49.2 cm³/mol. The number of carbonyl (C=O) groups is 2. The van der Waals surface area contributed by atoms with Gasteiger partial charge >= 0.3 is 0 Å². The highest BCUT2D eigenvalue weighted by atomic mass is 16.4. The maximum absolute atomic E-state index is 9.49. The summed E-state index contributed by atoms with van der Waals surface area (Å²) in [5, 5.41) is 33.9. The Morgan fingerprint density at radius 3 is 1.47 bits per heavy atom. The van der Waals surface area contributed by atoms with Crippen LogP contribution in [0.2, 0.25) is 0 Å². The summed E-state index contributed by atoms with van der Waals surface area (Å²) in [4.78, 5) is 18.6. The number of carbonyl (C=O) groups excluding carboxylic acids is 2. The molecule has 0 aromatic heterocycles. The van der Waals surface area contributed by atoms with Gasteiger partial charge < -0.3 is 30.0 Å². The number of hydrogen-bond donors (Lipinski definition) is 2. The molecule has 0 saturated heterocycles. The van der Waals surface area contributed by atoms with Crippen molar-refractivity contribution in [2.45, 2.75) is 6.92 Å². The molecule has 2 N–H and O–H groups in total. The van der Waals surface area contributed by atoms with Gasteiger partial charge in [0, 0.05) is 0 Å². The normalized spacial score (nSPS) is 7.13. The molecule has 6 nitrogen and oxygen atoms in total. The minimum Gasteiger partial charge on any atom is -0.545 e. The van der Waals surface area contributed by atoms with E-state index in [1.165, 1.54) is 6.92 Å². The quantitative estimate of drug-likeness (QED) is 0.494. The SMILES string of the molecule is C=C(C)C(=O)[O-].C=CC(=O)[O-].OCCO. The lowest BCUT2D eigenvalue weighted by Gasteiger charge is -1.93. The van der Waals surface area contributed by atoms with Gasteiger partial charge in [-0.3, -0.25) is 0 Å². The van der Waals surface area contributed by atoms with E-state index in [4.69, 9.17) is 20.1 Å². The Morgan fingerprint density at radius 1 is 1.27 bits per heavy atom. The zero-order chi connectivity index (χ0) is 12.9. The van der Waals surface area contributed by atoms with Crippen LogP contribution in [0.3, 0.4) is 0 Å². The van der Waals surface area contributed by atoms with E-state index in [9.17, 15) is 9.90 Å². The Morgan fingerprint density at radius 2 is 1.47 bits per heavy atom. The van der Waals surface area contributed by atoms with Crippen molar-refractivity contribution in [3.63, 3.8) is 0 Å². The van der Waals surface area contributed by atoms with E-state index in [2.05, 4.69) is 13.2 Å². The number of aliphatic hydroxyl groups excluding tert-OH is 2. The zero-order valence-corrected chi connectivity index (χ0v) is 8.43. The van der Waals surface area contributed by atoms with Crippen molar-refractivity contribution >= 4 is 11.9 Å². The van der Waals surface area contributed by atoms with E-state index in [1.54, 1.807) is 0 Å². The van der Waals surface area contributed by atoms with Gasteiger partial charge in [-0.05, 0) is 18.6 Å².